The lowest BCUT2D eigenvalue weighted by atomic mass is 10.2. The van der Waals surface area contributed by atoms with Crippen molar-refractivity contribution in [2.24, 2.45) is 0 Å². The Morgan fingerprint density at radius 1 is 1.22 bits per heavy atom. The smallest absolute Gasteiger partial charge is 0.234 e. The quantitative estimate of drug-likeness (QED) is 0.404. The first-order valence-corrected chi connectivity index (χ1v) is 10.2. The lowest BCUT2D eigenvalue weighted by Crippen LogP contribution is -2.16. The highest BCUT2D eigenvalue weighted by Crippen LogP contribution is 2.34. The maximum Gasteiger partial charge on any atom is 0.234 e. The van der Waals surface area contributed by atoms with E-state index in [0.29, 0.717) is 0 Å². The number of nitrogens with one attached hydrogen (secondary N) is 1. The number of carbonyl (C=O) groups is 1. The highest BCUT2D eigenvalue weighted by atomic mass is 32.2. The molecule has 0 unspecified atom stereocenters. The Morgan fingerprint density at radius 3 is 2.89 bits per heavy atom. The molecule has 8 heteroatoms. The van der Waals surface area contributed by atoms with E-state index in [9.17, 15) is 4.79 Å². The molecule has 0 aliphatic heterocycles. The van der Waals surface area contributed by atoms with Gasteiger partial charge < -0.3 is 5.32 Å². The minimum absolute atomic E-state index is 0.0871. The van der Waals surface area contributed by atoms with Crippen LogP contribution in [0.4, 0.5) is 5.69 Å². The van der Waals surface area contributed by atoms with Crippen molar-refractivity contribution in [1.29, 1.82) is 0 Å². The molecule has 0 aliphatic carbocycles. The van der Waals surface area contributed by atoms with Gasteiger partial charge in [0.2, 0.25) is 5.91 Å². The van der Waals surface area contributed by atoms with E-state index in [0.717, 1.165) is 26.6 Å². The maximum absolute atomic E-state index is 12.5. The molecule has 1 aromatic carbocycles. The van der Waals surface area contributed by atoms with E-state index in [4.69, 9.17) is 0 Å². The van der Waals surface area contributed by atoms with Gasteiger partial charge in [0, 0.05) is 22.7 Å². The molecule has 3 aromatic heterocycles. The largest absolute Gasteiger partial charge is 0.323 e. The fourth-order valence-corrected chi connectivity index (χ4v) is 4.69. The van der Waals surface area contributed by atoms with Crippen LogP contribution in [0.3, 0.4) is 0 Å². The van der Waals surface area contributed by atoms with Crippen LogP contribution in [-0.4, -0.2) is 31.4 Å². The number of benzene rings is 1. The second-order valence-electron chi connectivity index (χ2n) is 5.95. The fourth-order valence-electron chi connectivity index (χ4n) is 2.77. The number of rotatable bonds is 5. The van der Waals surface area contributed by atoms with Crippen molar-refractivity contribution in [2.45, 2.75) is 18.9 Å². The van der Waals surface area contributed by atoms with Gasteiger partial charge in [-0.05, 0) is 37.6 Å². The van der Waals surface area contributed by atoms with Crippen molar-refractivity contribution in [1.82, 2.24) is 19.7 Å². The molecule has 0 bridgehead atoms. The molecule has 0 atom stereocenters. The van der Waals surface area contributed by atoms with E-state index >= 15 is 0 Å². The van der Waals surface area contributed by atoms with Crippen molar-refractivity contribution in [3.05, 3.63) is 59.5 Å². The van der Waals surface area contributed by atoms with Gasteiger partial charge in [-0.2, -0.15) is 5.10 Å². The second-order valence-corrected chi connectivity index (χ2v) is 8.11. The number of hydrogen-bond acceptors (Lipinski definition) is 6. The third kappa shape index (κ3) is 3.58. The number of carbonyl (C=O) groups excluding carboxylic acids is 1. The molecule has 1 N–H and O–H groups in total. The average molecular weight is 396 g/mol. The van der Waals surface area contributed by atoms with Crippen LogP contribution in [0.1, 0.15) is 10.4 Å². The van der Waals surface area contributed by atoms with Crippen molar-refractivity contribution in [3.63, 3.8) is 0 Å². The van der Waals surface area contributed by atoms with Gasteiger partial charge in [-0.1, -0.05) is 23.9 Å². The maximum atomic E-state index is 12.5. The van der Waals surface area contributed by atoms with Gasteiger partial charge in [-0.15, -0.1) is 11.3 Å². The molecule has 3 heterocycles. The number of aryl methyl sites for hydroxylation is 2. The standard InChI is InChI=1S/C19H17N5OS2/c1-12-13(2)27-19-17(12)18(20-11-21-19)26-10-16(25)23-14-6-3-4-7-15(14)24-9-5-8-22-24/h3-9,11H,10H2,1-2H3,(H,23,25). The van der Waals surface area contributed by atoms with Crippen LogP contribution < -0.4 is 5.32 Å². The van der Waals surface area contributed by atoms with Gasteiger partial charge >= 0.3 is 0 Å². The number of aromatic nitrogens is 4. The van der Waals surface area contributed by atoms with Crippen molar-refractivity contribution < 1.29 is 4.79 Å². The third-order valence-electron chi connectivity index (χ3n) is 4.20. The van der Waals surface area contributed by atoms with Gasteiger partial charge in [0.05, 0.1) is 17.1 Å². The Balaban J connectivity index is 1.51. The number of hydrogen-bond donors (Lipinski definition) is 1. The summed E-state index contributed by atoms with van der Waals surface area (Å²) in [6.45, 7) is 4.15. The summed E-state index contributed by atoms with van der Waals surface area (Å²) in [4.78, 5) is 23.4. The van der Waals surface area contributed by atoms with Crippen LogP contribution in [0.15, 0.2) is 54.1 Å². The van der Waals surface area contributed by atoms with Crippen LogP contribution in [0.5, 0.6) is 0 Å². The Labute approximate surface area is 164 Å². The van der Waals surface area contributed by atoms with Crippen molar-refractivity contribution in [3.8, 4) is 5.69 Å². The highest BCUT2D eigenvalue weighted by molar-refractivity contribution is 8.00. The molecule has 0 spiro atoms. The molecule has 0 saturated heterocycles. The van der Waals surface area contributed by atoms with Gasteiger partial charge in [0.25, 0.3) is 0 Å². The molecular weight excluding hydrogens is 378 g/mol. The lowest BCUT2D eigenvalue weighted by molar-refractivity contribution is -0.113. The number of nitrogens with zero attached hydrogens (tertiary/aromatic N) is 4. The van der Waals surface area contributed by atoms with E-state index in [-0.39, 0.29) is 11.7 Å². The van der Waals surface area contributed by atoms with Crippen LogP contribution >= 0.6 is 23.1 Å². The van der Waals surface area contributed by atoms with E-state index in [2.05, 4.69) is 34.2 Å². The Kier molecular flexibility index (Phi) is 4.91. The SMILES string of the molecule is Cc1sc2ncnc(SCC(=O)Nc3ccccc3-n3cccn3)c2c1C. The molecule has 136 valence electrons. The molecule has 0 saturated carbocycles. The summed E-state index contributed by atoms with van der Waals surface area (Å²) < 4.78 is 1.73. The van der Waals surface area contributed by atoms with Crippen LogP contribution in [-0.2, 0) is 4.79 Å². The fraction of sp³-hybridized carbons (Fsp3) is 0.158. The summed E-state index contributed by atoms with van der Waals surface area (Å²) >= 11 is 3.08. The Morgan fingerprint density at radius 2 is 2.07 bits per heavy atom. The summed E-state index contributed by atoms with van der Waals surface area (Å²) in [7, 11) is 0. The minimum Gasteiger partial charge on any atom is -0.323 e. The Hall–Kier alpha value is -2.71. The summed E-state index contributed by atoms with van der Waals surface area (Å²) in [5, 5.41) is 9.11. The van der Waals surface area contributed by atoms with Gasteiger partial charge in [0.1, 0.15) is 16.2 Å². The number of para-hydroxylation sites is 2. The van der Waals surface area contributed by atoms with Gasteiger partial charge in [0.15, 0.2) is 0 Å². The topological polar surface area (TPSA) is 72.7 Å². The molecule has 6 nitrogen and oxygen atoms in total. The predicted octanol–water partition coefficient (Wildman–Crippen LogP) is 4.22. The summed E-state index contributed by atoms with van der Waals surface area (Å²) in [5.41, 5.74) is 2.74. The van der Waals surface area contributed by atoms with E-state index in [1.54, 1.807) is 28.5 Å². The zero-order valence-corrected chi connectivity index (χ0v) is 16.5. The molecule has 4 aromatic rings. The molecule has 1 amide bonds. The van der Waals surface area contributed by atoms with E-state index in [1.807, 2.05) is 36.5 Å². The normalized spacial score (nSPS) is 11.0. The summed E-state index contributed by atoms with van der Waals surface area (Å²) in [6, 6.07) is 9.44. The van der Waals surface area contributed by atoms with Crippen LogP contribution in [0.2, 0.25) is 0 Å². The first-order valence-electron chi connectivity index (χ1n) is 8.36. The van der Waals surface area contributed by atoms with Gasteiger partial charge in [-0.25, -0.2) is 14.6 Å². The zero-order valence-electron chi connectivity index (χ0n) is 14.8. The van der Waals surface area contributed by atoms with Crippen molar-refractivity contribution in [2.75, 3.05) is 11.1 Å². The first-order chi connectivity index (χ1) is 13.1. The lowest BCUT2D eigenvalue weighted by Gasteiger charge is -2.11. The number of fused-ring (bicyclic) bond motifs is 1. The summed E-state index contributed by atoms with van der Waals surface area (Å²) in [6.07, 6.45) is 5.12. The number of thiophene rings is 1. The Bertz CT molecular complexity index is 1100. The van der Waals surface area contributed by atoms with Gasteiger partial charge in [-0.3, -0.25) is 4.79 Å². The van der Waals surface area contributed by atoms with Crippen molar-refractivity contribution >= 4 is 44.9 Å². The van der Waals surface area contributed by atoms with E-state index < -0.39 is 0 Å². The van der Waals surface area contributed by atoms with Crippen LogP contribution in [0, 0.1) is 13.8 Å². The molecule has 0 aliphatic rings. The number of amides is 1. The zero-order chi connectivity index (χ0) is 18.8. The molecule has 0 fully saturated rings. The summed E-state index contributed by atoms with van der Waals surface area (Å²) in [5.74, 6) is 0.185. The molecule has 0 radical (unpaired) electrons. The minimum atomic E-state index is -0.0871. The monoisotopic (exact) mass is 395 g/mol. The number of thioether (sulfide) groups is 1. The predicted molar refractivity (Wildman–Crippen MR) is 110 cm³/mol. The molecule has 27 heavy (non-hydrogen) atoms. The van der Waals surface area contributed by atoms with Crippen LogP contribution in [0.25, 0.3) is 15.9 Å². The third-order valence-corrected chi connectivity index (χ3v) is 6.30. The molecule has 4 rings (SSSR count). The molecular formula is C19H17N5OS2. The first kappa shape index (κ1) is 17.7. The second kappa shape index (κ2) is 7.50. The number of anilines is 1. The average Bonchev–Trinajstić information content (AvgIpc) is 3.30. The highest BCUT2D eigenvalue weighted by Gasteiger charge is 2.14. The van der Waals surface area contributed by atoms with E-state index in [1.165, 1.54) is 22.2 Å².